The van der Waals surface area contributed by atoms with Gasteiger partial charge in [0, 0.05) is 6.61 Å². The normalized spacial score (nSPS) is 10.9. The number of rotatable bonds is 7. The predicted octanol–water partition coefficient (Wildman–Crippen LogP) is 4.37. The van der Waals surface area contributed by atoms with Crippen molar-refractivity contribution in [2.24, 2.45) is 0 Å². The Hall–Kier alpha value is -1.95. The first-order valence-electron chi connectivity index (χ1n) is 8.45. The molecule has 0 N–H and O–H groups in total. The number of hydrogen-bond acceptors (Lipinski definition) is 1. The van der Waals surface area contributed by atoms with E-state index in [1.807, 2.05) is 0 Å². The lowest BCUT2D eigenvalue weighted by molar-refractivity contribution is 0.121. The maximum atomic E-state index is 5.64. The Bertz CT molecular complexity index is 683. The van der Waals surface area contributed by atoms with E-state index >= 15 is 0 Å². The van der Waals surface area contributed by atoms with Crippen molar-refractivity contribution < 1.29 is 4.74 Å². The third kappa shape index (κ3) is 4.32. The molecule has 3 rings (SSSR count). The first-order valence-corrected chi connectivity index (χ1v) is 9.79. The van der Waals surface area contributed by atoms with Gasteiger partial charge in [-0.3, -0.25) is 0 Å². The molecule has 0 spiro atoms. The van der Waals surface area contributed by atoms with Crippen molar-refractivity contribution in [1.29, 1.82) is 0 Å². The van der Waals surface area contributed by atoms with Crippen LogP contribution in [-0.4, -0.2) is 6.61 Å². The average Bonchev–Trinajstić information content (AvgIpc) is 2.65. The summed E-state index contributed by atoms with van der Waals surface area (Å²) in [6.07, 6.45) is 1.06. The zero-order valence-electron chi connectivity index (χ0n) is 14.1. The molecule has 122 valence electrons. The Labute approximate surface area is 146 Å². The summed E-state index contributed by atoms with van der Waals surface area (Å²) in [5, 5.41) is 4.14. The summed E-state index contributed by atoms with van der Waals surface area (Å²) >= 11 is 0. The SMILES string of the molecule is CCCOCc1ccc(P(c2ccccc2)c2ccccc2)cc1. The zero-order valence-corrected chi connectivity index (χ0v) is 15.0. The van der Waals surface area contributed by atoms with Crippen molar-refractivity contribution in [2.75, 3.05) is 6.61 Å². The molecule has 0 amide bonds. The maximum Gasteiger partial charge on any atom is 0.0716 e. The van der Waals surface area contributed by atoms with Gasteiger partial charge < -0.3 is 4.74 Å². The molecule has 2 heteroatoms. The van der Waals surface area contributed by atoms with E-state index in [4.69, 9.17) is 4.74 Å². The molecule has 0 radical (unpaired) electrons. The van der Waals surface area contributed by atoms with Crippen LogP contribution in [-0.2, 0) is 11.3 Å². The highest BCUT2D eigenvalue weighted by Crippen LogP contribution is 2.32. The fraction of sp³-hybridized carbons (Fsp3) is 0.182. The summed E-state index contributed by atoms with van der Waals surface area (Å²) in [5.74, 6) is 0. The van der Waals surface area contributed by atoms with E-state index in [0.29, 0.717) is 6.61 Å². The van der Waals surface area contributed by atoms with Gasteiger partial charge >= 0.3 is 0 Å². The molecule has 0 aliphatic rings. The van der Waals surface area contributed by atoms with E-state index in [0.717, 1.165) is 13.0 Å². The van der Waals surface area contributed by atoms with Gasteiger partial charge in [-0.2, -0.15) is 0 Å². The molecule has 0 unspecified atom stereocenters. The first kappa shape index (κ1) is 16.9. The smallest absolute Gasteiger partial charge is 0.0716 e. The van der Waals surface area contributed by atoms with Crippen molar-refractivity contribution in [3.63, 3.8) is 0 Å². The summed E-state index contributed by atoms with van der Waals surface area (Å²) < 4.78 is 5.64. The minimum atomic E-state index is -0.515. The van der Waals surface area contributed by atoms with Crippen molar-refractivity contribution in [1.82, 2.24) is 0 Å². The molecule has 0 aliphatic carbocycles. The molecule has 3 aromatic carbocycles. The summed E-state index contributed by atoms with van der Waals surface area (Å²) in [5.41, 5.74) is 1.24. The second kappa shape index (κ2) is 8.78. The predicted molar refractivity (Wildman–Crippen MR) is 105 cm³/mol. The van der Waals surface area contributed by atoms with Gasteiger partial charge in [-0.1, -0.05) is 91.9 Å². The molecule has 1 nitrogen and oxygen atoms in total. The molecule has 0 heterocycles. The van der Waals surface area contributed by atoms with Gasteiger partial charge in [-0.25, -0.2) is 0 Å². The topological polar surface area (TPSA) is 9.23 Å². The molecule has 0 saturated heterocycles. The molecule has 0 aromatic heterocycles. The lowest BCUT2D eigenvalue weighted by Crippen LogP contribution is -2.20. The van der Waals surface area contributed by atoms with E-state index < -0.39 is 7.92 Å². The lowest BCUT2D eigenvalue weighted by atomic mass is 10.2. The van der Waals surface area contributed by atoms with Crippen LogP contribution in [0.4, 0.5) is 0 Å². The second-order valence-electron chi connectivity index (χ2n) is 5.73. The summed E-state index contributed by atoms with van der Waals surface area (Å²) in [6, 6.07) is 30.5. The summed E-state index contributed by atoms with van der Waals surface area (Å²) in [6.45, 7) is 3.65. The van der Waals surface area contributed by atoms with Crippen LogP contribution in [0.2, 0.25) is 0 Å². The molecule has 0 fully saturated rings. The van der Waals surface area contributed by atoms with E-state index in [1.165, 1.54) is 21.5 Å². The molecule has 0 aliphatic heterocycles. The molecule has 0 saturated carbocycles. The Kier molecular flexibility index (Phi) is 6.18. The van der Waals surface area contributed by atoms with Crippen LogP contribution < -0.4 is 15.9 Å². The Balaban J connectivity index is 1.89. The highest BCUT2D eigenvalue weighted by atomic mass is 31.1. The van der Waals surface area contributed by atoms with Gasteiger partial charge in [0.1, 0.15) is 0 Å². The quantitative estimate of drug-likeness (QED) is 0.460. The number of hydrogen-bond donors (Lipinski definition) is 0. The van der Waals surface area contributed by atoms with Crippen LogP contribution in [0, 0.1) is 0 Å². The fourth-order valence-corrected chi connectivity index (χ4v) is 4.96. The number of ether oxygens (including phenoxy) is 1. The first-order chi connectivity index (χ1) is 11.9. The van der Waals surface area contributed by atoms with Crippen molar-refractivity contribution in [2.45, 2.75) is 20.0 Å². The molecular weight excluding hydrogens is 311 g/mol. The van der Waals surface area contributed by atoms with Crippen LogP contribution in [0.15, 0.2) is 84.9 Å². The Morgan fingerprint density at radius 2 is 1.17 bits per heavy atom. The Morgan fingerprint density at radius 1 is 0.667 bits per heavy atom. The van der Waals surface area contributed by atoms with Gasteiger partial charge in [-0.05, 0) is 35.8 Å². The largest absolute Gasteiger partial charge is 0.377 e. The Morgan fingerprint density at radius 3 is 1.67 bits per heavy atom. The van der Waals surface area contributed by atoms with E-state index in [-0.39, 0.29) is 0 Å². The molecule has 3 aromatic rings. The van der Waals surface area contributed by atoms with Gasteiger partial charge in [0.25, 0.3) is 0 Å². The third-order valence-corrected chi connectivity index (χ3v) is 6.28. The van der Waals surface area contributed by atoms with Crippen LogP contribution in [0.25, 0.3) is 0 Å². The minimum Gasteiger partial charge on any atom is -0.377 e. The van der Waals surface area contributed by atoms with Gasteiger partial charge in [0.2, 0.25) is 0 Å². The summed E-state index contributed by atoms with van der Waals surface area (Å²) in [7, 11) is -0.515. The van der Waals surface area contributed by atoms with E-state index in [9.17, 15) is 0 Å². The minimum absolute atomic E-state index is 0.515. The van der Waals surface area contributed by atoms with Crippen molar-refractivity contribution in [3.05, 3.63) is 90.5 Å². The second-order valence-corrected chi connectivity index (χ2v) is 7.95. The molecular formula is C22H23OP. The standard InChI is InChI=1S/C22H23OP/c1-2-17-23-18-19-13-15-22(16-14-19)24(20-9-5-3-6-10-20)21-11-7-4-8-12-21/h3-16H,2,17-18H2,1H3. The van der Waals surface area contributed by atoms with Crippen LogP contribution in [0.3, 0.4) is 0 Å². The lowest BCUT2D eigenvalue weighted by Gasteiger charge is -2.19. The molecule has 24 heavy (non-hydrogen) atoms. The van der Waals surface area contributed by atoms with Gasteiger partial charge in [0.15, 0.2) is 0 Å². The van der Waals surface area contributed by atoms with Crippen LogP contribution in [0.1, 0.15) is 18.9 Å². The van der Waals surface area contributed by atoms with E-state index in [2.05, 4.69) is 91.9 Å². The molecule has 0 bridgehead atoms. The number of benzene rings is 3. The average molecular weight is 334 g/mol. The van der Waals surface area contributed by atoms with Gasteiger partial charge in [0.05, 0.1) is 6.61 Å². The van der Waals surface area contributed by atoms with Crippen LogP contribution in [0.5, 0.6) is 0 Å². The highest BCUT2D eigenvalue weighted by molar-refractivity contribution is 7.79. The van der Waals surface area contributed by atoms with Crippen molar-refractivity contribution in [3.8, 4) is 0 Å². The van der Waals surface area contributed by atoms with E-state index in [1.54, 1.807) is 0 Å². The third-order valence-electron chi connectivity index (χ3n) is 3.84. The van der Waals surface area contributed by atoms with Crippen LogP contribution >= 0.6 is 7.92 Å². The van der Waals surface area contributed by atoms with Crippen molar-refractivity contribution >= 4 is 23.8 Å². The maximum absolute atomic E-state index is 5.64. The zero-order chi connectivity index (χ0) is 16.6. The fourth-order valence-electron chi connectivity index (χ4n) is 2.68. The van der Waals surface area contributed by atoms with Gasteiger partial charge in [-0.15, -0.1) is 0 Å². The highest BCUT2D eigenvalue weighted by Gasteiger charge is 2.15. The summed E-state index contributed by atoms with van der Waals surface area (Å²) in [4.78, 5) is 0. The monoisotopic (exact) mass is 334 g/mol. The molecule has 0 atom stereocenters.